The first-order chi connectivity index (χ1) is 9.00. The Hall–Kier alpha value is -0.390. The summed E-state index contributed by atoms with van der Waals surface area (Å²) in [6, 6.07) is 0. The van der Waals surface area contributed by atoms with Crippen LogP contribution in [0.1, 0.15) is 38.0 Å². The molecule has 1 aromatic heterocycles. The Morgan fingerprint density at radius 2 is 2.26 bits per heavy atom. The lowest BCUT2D eigenvalue weighted by molar-refractivity contribution is 0.0804. The van der Waals surface area contributed by atoms with Crippen LogP contribution in [0.4, 0.5) is 0 Å². The first kappa shape index (κ1) is 15.0. The van der Waals surface area contributed by atoms with Crippen molar-refractivity contribution in [3.63, 3.8) is 0 Å². The Bertz CT molecular complexity index is 419. The van der Waals surface area contributed by atoms with Gasteiger partial charge in [0.05, 0.1) is 29.0 Å². The molecule has 1 heterocycles. The zero-order chi connectivity index (χ0) is 14.0. The molecule has 1 saturated carbocycles. The maximum absolute atomic E-state index is 10.7. The Balaban J connectivity index is 2.15. The topological polar surface area (TPSA) is 41.3 Å². The van der Waals surface area contributed by atoms with E-state index in [0.717, 1.165) is 29.7 Å². The summed E-state index contributed by atoms with van der Waals surface area (Å²) in [7, 11) is 4.10. The average molecular weight is 330 g/mol. The highest BCUT2D eigenvalue weighted by molar-refractivity contribution is 9.10. The van der Waals surface area contributed by atoms with Gasteiger partial charge in [-0.3, -0.25) is 4.68 Å². The van der Waals surface area contributed by atoms with Crippen molar-refractivity contribution >= 4 is 15.9 Å². The van der Waals surface area contributed by atoms with E-state index in [0.29, 0.717) is 11.8 Å². The number of likely N-dealkylation sites (N-methyl/N-ethyl adjacent to an activating group) is 1. The number of hydrogen-bond donors (Lipinski definition) is 1. The fourth-order valence-electron chi connectivity index (χ4n) is 2.98. The molecule has 3 atom stereocenters. The predicted molar refractivity (Wildman–Crippen MR) is 79.9 cm³/mol. The smallest absolute Gasteiger partial charge is 0.0998 e. The Morgan fingerprint density at radius 1 is 1.53 bits per heavy atom. The minimum atomic E-state index is -0.406. The van der Waals surface area contributed by atoms with Gasteiger partial charge in [0.25, 0.3) is 0 Å². The highest BCUT2D eigenvalue weighted by Crippen LogP contribution is 2.41. The van der Waals surface area contributed by atoms with Crippen LogP contribution < -0.4 is 0 Å². The summed E-state index contributed by atoms with van der Waals surface area (Å²) in [5.41, 5.74) is 0.945. The van der Waals surface area contributed by atoms with Gasteiger partial charge in [0.1, 0.15) is 0 Å². The van der Waals surface area contributed by atoms with Gasteiger partial charge in [-0.2, -0.15) is 5.10 Å². The molecular weight excluding hydrogens is 306 g/mol. The Labute approximate surface area is 123 Å². The first-order valence-electron chi connectivity index (χ1n) is 7.04. The quantitative estimate of drug-likeness (QED) is 0.902. The van der Waals surface area contributed by atoms with Crippen LogP contribution in [0.25, 0.3) is 0 Å². The number of halogens is 1. The van der Waals surface area contributed by atoms with E-state index < -0.39 is 6.10 Å². The van der Waals surface area contributed by atoms with Gasteiger partial charge in [-0.05, 0) is 48.3 Å². The molecule has 1 aromatic rings. The summed E-state index contributed by atoms with van der Waals surface area (Å²) in [5, 5.41) is 15.1. The molecule has 5 heteroatoms. The number of hydrogen-bond acceptors (Lipinski definition) is 3. The van der Waals surface area contributed by atoms with E-state index in [2.05, 4.69) is 32.9 Å². The molecular formula is C14H24BrN3O. The third-order valence-corrected chi connectivity index (χ3v) is 4.82. The van der Waals surface area contributed by atoms with Crippen molar-refractivity contribution in [2.45, 2.75) is 38.8 Å². The molecule has 3 unspecified atom stereocenters. The summed E-state index contributed by atoms with van der Waals surface area (Å²) in [6.45, 7) is 3.98. The summed E-state index contributed by atoms with van der Waals surface area (Å²) in [6.07, 6.45) is 4.97. The molecule has 4 nitrogen and oxygen atoms in total. The molecule has 19 heavy (non-hydrogen) atoms. The molecule has 0 bridgehead atoms. The molecule has 0 amide bonds. The van der Waals surface area contributed by atoms with Gasteiger partial charge in [-0.25, -0.2) is 0 Å². The number of rotatable bonds is 5. The van der Waals surface area contributed by atoms with Crippen molar-refractivity contribution < 1.29 is 5.11 Å². The maximum Gasteiger partial charge on any atom is 0.0998 e. The fraction of sp³-hybridized carbons (Fsp3) is 0.786. The lowest BCUT2D eigenvalue weighted by atomic mass is 9.90. The van der Waals surface area contributed by atoms with E-state index in [-0.39, 0.29) is 0 Å². The minimum absolute atomic E-state index is 0.367. The molecule has 0 radical (unpaired) electrons. The third-order valence-electron chi connectivity index (χ3n) is 4.21. The van der Waals surface area contributed by atoms with Crippen LogP contribution in [0.3, 0.4) is 0 Å². The molecule has 0 saturated heterocycles. The third kappa shape index (κ3) is 3.38. The molecule has 1 aliphatic rings. The van der Waals surface area contributed by atoms with Gasteiger partial charge in [0.15, 0.2) is 0 Å². The lowest BCUT2D eigenvalue weighted by Gasteiger charge is -2.24. The summed E-state index contributed by atoms with van der Waals surface area (Å²) >= 11 is 3.53. The van der Waals surface area contributed by atoms with Crippen LogP contribution in [-0.2, 0) is 6.54 Å². The van der Waals surface area contributed by atoms with Gasteiger partial charge in [0.2, 0.25) is 0 Å². The molecule has 0 spiro atoms. The van der Waals surface area contributed by atoms with Crippen LogP contribution in [0.5, 0.6) is 0 Å². The first-order valence-corrected chi connectivity index (χ1v) is 7.84. The molecule has 108 valence electrons. The van der Waals surface area contributed by atoms with Crippen molar-refractivity contribution in [1.82, 2.24) is 14.7 Å². The second-order valence-electron chi connectivity index (χ2n) is 5.92. The van der Waals surface area contributed by atoms with Crippen molar-refractivity contribution in [2.75, 3.05) is 20.6 Å². The normalized spacial score (nSPS) is 25.2. The maximum atomic E-state index is 10.7. The second-order valence-corrected chi connectivity index (χ2v) is 6.78. The Kier molecular flexibility index (Phi) is 5.03. The molecule has 2 rings (SSSR count). The summed E-state index contributed by atoms with van der Waals surface area (Å²) in [5.74, 6) is 0.963. The van der Waals surface area contributed by atoms with Gasteiger partial charge < -0.3 is 10.0 Å². The highest BCUT2D eigenvalue weighted by atomic mass is 79.9. The SMILES string of the molecule is CC1CCCC1C(O)c1c(Br)cnn1CCN(C)C. The van der Waals surface area contributed by atoms with E-state index in [1.165, 1.54) is 12.8 Å². The molecule has 0 aromatic carbocycles. The molecule has 0 aliphatic heterocycles. The van der Waals surface area contributed by atoms with E-state index in [1.807, 2.05) is 18.8 Å². The van der Waals surface area contributed by atoms with Crippen molar-refractivity contribution in [1.29, 1.82) is 0 Å². The van der Waals surface area contributed by atoms with Crippen molar-refractivity contribution in [3.05, 3.63) is 16.4 Å². The van der Waals surface area contributed by atoms with Crippen LogP contribution >= 0.6 is 15.9 Å². The highest BCUT2D eigenvalue weighted by Gasteiger charge is 2.33. The number of nitrogens with zero attached hydrogens (tertiary/aromatic N) is 3. The van der Waals surface area contributed by atoms with E-state index >= 15 is 0 Å². The number of aliphatic hydroxyl groups excluding tert-OH is 1. The Morgan fingerprint density at radius 3 is 2.84 bits per heavy atom. The van der Waals surface area contributed by atoms with Crippen LogP contribution in [0, 0.1) is 11.8 Å². The summed E-state index contributed by atoms with van der Waals surface area (Å²) < 4.78 is 2.87. The van der Waals surface area contributed by atoms with Crippen molar-refractivity contribution in [3.8, 4) is 0 Å². The van der Waals surface area contributed by atoms with E-state index in [9.17, 15) is 5.11 Å². The average Bonchev–Trinajstić information content (AvgIpc) is 2.92. The fourth-order valence-corrected chi connectivity index (χ4v) is 3.52. The summed E-state index contributed by atoms with van der Waals surface area (Å²) in [4.78, 5) is 2.13. The second kappa shape index (κ2) is 6.37. The predicted octanol–water partition coefficient (Wildman–Crippen LogP) is 2.68. The molecule has 1 N–H and O–H groups in total. The van der Waals surface area contributed by atoms with Gasteiger partial charge >= 0.3 is 0 Å². The van der Waals surface area contributed by atoms with Gasteiger partial charge in [-0.15, -0.1) is 0 Å². The monoisotopic (exact) mass is 329 g/mol. The van der Waals surface area contributed by atoms with Crippen LogP contribution in [0.15, 0.2) is 10.7 Å². The molecule has 1 fully saturated rings. The van der Waals surface area contributed by atoms with Crippen molar-refractivity contribution in [2.24, 2.45) is 11.8 Å². The van der Waals surface area contributed by atoms with Gasteiger partial charge in [-0.1, -0.05) is 19.8 Å². The molecule has 1 aliphatic carbocycles. The van der Waals surface area contributed by atoms with E-state index in [1.54, 1.807) is 6.20 Å². The van der Waals surface area contributed by atoms with Crippen LogP contribution in [0.2, 0.25) is 0 Å². The zero-order valence-electron chi connectivity index (χ0n) is 12.0. The largest absolute Gasteiger partial charge is 0.386 e. The number of aromatic nitrogens is 2. The lowest BCUT2D eigenvalue weighted by Crippen LogP contribution is -2.23. The van der Waals surface area contributed by atoms with Crippen LogP contribution in [-0.4, -0.2) is 40.4 Å². The minimum Gasteiger partial charge on any atom is -0.386 e. The zero-order valence-corrected chi connectivity index (χ0v) is 13.6. The standard InChI is InChI=1S/C14H24BrN3O/c1-10-5-4-6-11(10)14(19)13-12(15)9-16-18(13)8-7-17(2)3/h9-11,14,19H,4-8H2,1-3H3. The van der Waals surface area contributed by atoms with Gasteiger partial charge in [0, 0.05) is 6.54 Å². The van der Waals surface area contributed by atoms with E-state index in [4.69, 9.17) is 0 Å². The number of aliphatic hydroxyl groups is 1.